The van der Waals surface area contributed by atoms with Crippen LogP contribution in [0.5, 0.6) is 0 Å². The van der Waals surface area contributed by atoms with Crippen molar-refractivity contribution in [2.75, 3.05) is 13.1 Å². The molecule has 1 atom stereocenters. The number of hydrogen-bond donors (Lipinski definition) is 2. The summed E-state index contributed by atoms with van der Waals surface area (Å²) in [5, 5.41) is 11.9. The summed E-state index contributed by atoms with van der Waals surface area (Å²) in [4.78, 5) is 11.9. The first kappa shape index (κ1) is 18.3. The van der Waals surface area contributed by atoms with Crippen LogP contribution >= 0.6 is 0 Å². The number of carbonyl (C=O) groups is 1. The Labute approximate surface area is 135 Å². The summed E-state index contributed by atoms with van der Waals surface area (Å²) in [5.41, 5.74) is 1.40. The zero-order valence-electron chi connectivity index (χ0n) is 12.1. The van der Waals surface area contributed by atoms with Gasteiger partial charge in [0, 0.05) is 5.56 Å². The minimum atomic E-state index is -0.535. The molecule has 2 aromatic carbocycles. The number of Topliss-reactive ketones (excluding diaryl/α,β-unsaturated/α-hetero) is 1. The van der Waals surface area contributed by atoms with Crippen LogP contribution < -0.4 is 17.7 Å². The van der Waals surface area contributed by atoms with E-state index in [1.807, 2.05) is 35.6 Å². The number of aliphatic hydroxyl groups is 1. The first-order valence-corrected chi connectivity index (χ1v) is 7.00. The van der Waals surface area contributed by atoms with Gasteiger partial charge in [-0.1, -0.05) is 30.3 Å². The minimum absolute atomic E-state index is 0. The van der Waals surface area contributed by atoms with Crippen LogP contribution in [0.3, 0.4) is 0 Å². The van der Waals surface area contributed by atoms with Gasteiger partial charge in [0.05, 0.1) is 13.0 Å². The number of ketones is 1. The molecule has 0 fully saturated rings. The van der Waals surface area contributed by atoms with Gasteiger partial charge in [0.1, 0.15) is 18.5 Å². The van der Waals surface area contributed by atoms with Gasteiger partial charge in [-0.25, -0.2) is 4.39 Å². The van der Waals surface area contributed by atoms with Gasteiger partial charge >= 0.3 is 0 Å². The number of aliphatic hydroxyl groups excluding tert-OH is 1. The molecule has 0 spiro atoms. The Morgan fingerprint density at radius 2 is 1.73 bits per heavy atom. The molecule has 0 saturated heterocycles. The Bertz CT molecular complexity index is 575. The second-order valence-electron chi connectivity index (χ2n) is 4.92. The molecule has 118 valence electrons. The van der Waals surface area contributed by atoms with Gasteiger partial charge < -0.3 is 22.8 Å². The van der Waals surface area contributed by atoms with Crippen molar-refractivity contribution in [3.05, 3.63) is 71.5 Å². The van der Waals surface area contributed by atoms with E-state index in [1.165, 1.54) is 24.3 Å². The van der Waals surface area contributed by atoms with E-state index in [2.05, 4.69) is 0 Å². The number of carbonyl (C=O) groups excluding carboxylic acids is 1. The highest BCUT2D eigenvalue weighted by molar-refractivity contribution is 5.96. The van der Waals surface area contributed by atoms with E-state index in [9.17, 15) is 14.3 Å². The van der Waals surface area contributed by atoms with Gasteiger partial charge in [-0.3, -0.25) is 4.79 Å². The molecule has 2 rings (SSSR count). The average molecular weight is 324 g/mol. The standard InChI is InChI=1S/C17H18FNO2.ClH/c18-15-8-6-14(7-9-15)16(20)10-11-19-12-17(21)13-4-2-1-3-5-13;/h1-9,17,19,21H,10-12H2;1H. The Hall–Kier alpha value is -1.75. The molecule has 0 aromatic heterocycles. The third kappa shape index (κ3) is 5.56. The summed E-state index contributed by atoms with van der Waals surface area (Å²) >= 11 is 0. The van der Waals surface area contributed by atoms with Gasteiger partial charge in [-0.2, -0.15) is 0 Å². The van der Waals surface area contributed by atoms with Crippen molar-refractivity contribution in [2.45, 2.75) is 12.5 Å². The summed E-state index contributed by atoms with van der Waals surface area (Å²) in [7, 11) is 0. The highest BCUT2D eigenvalue weighted by Gasteiger charge is 2.10. The molecule has 5 heteroatoms. The molecule has 0 saturated carbocycles. The van der Waals surface area contributed by atoms with E-state index < -0.39 is 6.10 Å². The van der Waals surface area contributed by atoms with Crippen molar-refractivity contribution in [1.29, 1.82) is 0 Å². The smallest absolute Gasteiger partial charge is 0.168 e. The van der Waals surface area contributed by atoms with Crippen molar-refractivity contribution in [1.82, 2.24) is 0 Å². The highest BCUT2D eigenvalue weighted by Crippen LogP contribution is 2.09. The first-order valence-electron chi connectivity index (χ1n) is 7.00. The molecule has 0 aliphatic carbocycles. The van der Waals surface area contributed by atoms with E-state index in [1.54, 1.807) is 0 Å². The zero-order valence-corrected chi connectivity index (χ0v) is 12.8. The monoisotopic (exact) mass is 323 g/mol. The number of hydrogen-bond acceptors (Lipinski definition) is 2. The molecule has 1 unspecified atom stereocenters. The molecule has 0 amide bonds. The number of nitrogens with two attached hydrogens (primary N) is 1. The zero-order chi connectivity index (χ0) is 15.1. The Balaban J connectivity index is 0.00000242. The van der Waals surface area contributed by atoms with E-state index in [-0.39, 0.29) is 24.0 Å². The summed E-state index contributed by atoms with van der Waals surface area (Å²) < 4.78 is 12.8. The second-order valence-corrected chi connectivity index (χ2v) is 4.92. The van der Waals surface area contributed by atoms with Crippen molar-refractivity contribution in [3.63, 3.8) is 0 Å². The first-order chi connectivity index (χ1) is 10.2. The summed E-state index contributed by atoms with van der Waals surface area (Å²) in [6.45, 7) is 1.11. The Morgan fingerprint density at radius 1 is 1.09 bits per heavy atom. The van der Waals surface area contributed by atoms with Crippen LogP contribution in [0.1, 0.15) is 28.4 Å². The van der Waals surface area contributed by atoms with Gasteiger partial charge in [0.25, 0.3) is 0 Å². The van der Waals surface area contributed by atoms with E-state index in [0.717, 1.165) is 5.56 Å². The van der Waals surface area contributed by atoms with Crippen LogP contribution in [0.4, 0.5) is 4.39 Å². The Morgan fingerprint density at radius 3 is 2.36 bits per heavy atom. The maximum atomic E-state index is 12.8. The highest BCUT2D eigenvalue weighted by atomic mass is 35.5. The molecule has 0 bridgehead atoms. The predicted molar refractivity (Wildman–Crippen MR) is 78.4 cm³/mol. The maximum Gasteiger partial charge on any atom is 0.168 e. The molecule has 0 aliphatic rings. The molecule has 0 radical (unpaired) electrons. The third-order valence-electron chi connectivity index (χ3n) is 3.32. The lowest BCUT2D eigenvalue weighted by Crippen LogP contribution is -3.00. The van der Waals surface area contributed by atoms with Crippen LogP contribution in [0.15, 0.2) is 54.6 Å². The van der Waals surface area contributed by atoms with Crippen LogP contribution in [0.25, 0.3) is 0 Å². The van der Waals surface area contributed by atoms with Gasteiger partial charge in [0.2, 0.25) is 0 Å². The molecule has 0 aliphatic heterocycles. The molecule has 2 aromatic rings. The fourth-order valence-electron chi connectivity index (χ4n) is 2.10. The second kappa shape index (κ2) is 9.30. The summed E-state index contributed by atoms with van der Waals surface area (Å²) in [6.07, 6.45) is -0.167. The average Bonchev–Trinajstić information content (AvgIpc) is 2.52. The third-order valence-corrected chi connectivity index (χ3v) is 3.32. The number of rotatable bonds is 7. The maximum absolute atomic E-state index is 12.8. The molecular weight excluding hydrogens is 305 g/mol. The lowest BCUT2D eigenvalue weighted by molar-refractivity contribution is -0.660. The van der Waals surface area contributed by atoms with Crippen molar-refractivity contribution in [3.8, 4) is 0 Å². The fraction of sp³-hybridized carbons (Fsp3) is 0.235. The number of benzene rings is 2. The van der Waals surface area contributed by atoms with E-state index in [4.69, 9.17) is 0 Å². The molecule has 3 nitrogen and oxygen atoms in total. The summed E-state index contributed by atoms with van der Waals surface area (Å²) in [5.74, 6) is -0.357. The van der Waals surface area contributed by atoms with Crippen LogP contribution in [0.2, 0.25) is 0 Å². The molecule has 22 heavy (non-hydrogen) atoms. The normalized spacial score (nSPS) is 11.5. The minimum Gasteiger partial charge on any atom is -1.00 e. The van der Waals surface area contributed by atoms with E-state index >= 15 is 0 Å². The summed E-state index contributed by atoms with van der Waals surface area (Å²) in [6, 6.07) is 15.0. The largest absolute Gasteiger partial charge is 1.00 e. The van der Waals surface area contributed by atoms with Gasteiger partial charge in [-0.05, 0) is 29.8 Å². The van der Waals surface area contributed by atoms with Gasteiger partial charge in [0.15, 0.2) is 5.78 Å². The van der Waals surface area contributed by atoms with Crippen LogP contribution in [0, 0.1) is 5.82 Å². The quantitative estimate of drug-likeness (QED) is 0.491. The van der Waals surface area contributed by atoms with Crippen molar-refractivity contribution in [2.24, 2.45) is 0 Å². The number of quaternary nitrogens is 1. The molecule has 0 heterocycles. The van der Waals surface area contributed by atoms with Crippen molar-refractivity contribution < 1.29 is 32.0 Å². The van der Waals surface area contributed by atoms with Crippen molar-refractivity contribution >= 4 is 5.78 Å². The lowest BCUT2D eigenvalue weighted by atomic mass is 10.1. The molecule has 3 N–H and O–H groups in total. The SMILES string of the molecule is O=C(CC[NH2+]CC(O)c1ccccc1)c1ccc(F)cc1.[Cl-]. The molecular formula is C17H19ClFNO2. The lowest BCUT2D eigenvalue weighted by Gasteiger charge is -2.09. The fourth-order valence-corrected chi connectivity index (χ4v) is 2.10. The van der Waals surface area contributed by atoms with Crippen LogP contribution in [-0.4, -0.2) is 24.0 Å². The number of halogens is 2. The van der Waals surface area contributed by atoms with E-state index in [0.29, 0.717) is 25.1 Å². The topological polar surface area (TPSA) is 53.9 Å². The predicted octanol–water partition coefficient (Wildman–Crippen LogP) is -1.30. The van der Waals surface area contributed by atoms with Gasteiger partial charge in [-0.15, -0.1) is 0 Å². The Kier molecular flexibility index (Phi) is 7.74. The van der Waals surface area contributed by atoms with Crippen LogP contribution in [-0.2, 0) is 0 Å².